The van der Waals surface area contributed by atoms with Crippen molar-refractivity contribution in [3.05, 3.63) is 50.1 Å². The highest BCUT2D eigenvalue weighted by Crippen LogP contribution is 2.31. The third kappa shape index (κ3) is 3.17. The number of rotatable bonds is 5. The van der Waals surface area contributed by atoms with E-state index in [0.29, 0.717) is 5.75 Å². The van der Waals surface area contributed by atoms with Gasteiger partial charge in [0.1, 0.15) is 17.4 Å². The molecule has 3 nitrogen and oxygen atoms in total. The van der Waals surface area contributed by atoms with E-state index in [0.717, 1.165) is 4.88 Å². The molecule has 1 aromatic heterocycles. The second-order valence-corrected chi connectivity index (χ2v) is 5.93. The molecule has 0 aliphatic carbocycles. The summed E-state index contributed by atoms with van der Waals surface area (Å²) in [6.45, 7) is 0. The highest BCUT2D eigenvalue weighted by Gasteiger charge is 2.20. The van der Waals surface area contributed by atoms with Crippen molar-refractivity contribution in [3.63, 3.8) is 0 Å². The zero-order valence-electron chi connectivity index (χ0n) is 10.6. The van der Waals surface area contributed by atoms with E-state index in [1.807, 2.05) is 5.38 Å². The molecular weight excluding hydrogens is 350 g/mol. The maximum absolute atomic E-state index is 14.0. The fourth-order valence-corrected chi connectivity index (χ4v) is 3.11. The average molecular weight is 363 g/mol. The van der Waals surface area contributed by atoms with Gasteiger partial charge in [0.2, 0.25) is 0 Å². The third-order valence-corrected chi connectivity index (χ3v) is 4.56. The van der Waals surface area contributed by atoms with Crippen LogP contribution in [-0.2, 0) is 6.42 Å². The smallest absolute Gasteiger partial charge is 0.143 e. The van der Waals surface area contributed by atoms with E-state index in [2.05, 4.69) is 21.4 Å². The number of hydrazine groups is 1. The number of nitrogens with two attached hydrogens (primary N) is 1. The summed E-state index contributed by atoms with van der Waals surface area (Å²) in [6.07, 6.45) is 0.108. The van der Waals surface area contributed by atoms with Gasteiger partial charge in [0.15, 0.2) is 0 Å². The van der Waals surface area contributed by atoms with Crippen LogP contribution in [0.1, 0.15) is 16.5 Å². The van der Waals surface area contributed by atoms with E-state index in [1.54, 1.807) is 13.2 Å². The van der Waals surface area contributed by atoms with Gasteiger partial charge in [0.25, 0.3) is 0 Å². The van der Waals surface area contributed by atoms with Crippen LogP contribution in [0.2, 0.25) is 0 Å². The summed E-state index contributed by atoms with van der Waals surface area (Å²) in [5, 5.41) is 1.81. The Morgan fingerprint density at radius 2 is 2.20 bits per heavy atom. The molecule has 3 N–H and O–H groups in total. The van der Waals surface area contributed by atoms with Crippen molar-refractivity contribution in [2.75, 3.05) is 7.11 Å². The topological polar surface area (TPSA) is 47.3 Å². The first kappa shape index (κ1) is 15.4. The molecule has 108 valence electrons. The highest BCUT2D eigenvalue weighted by atomic mass is 79.9. The summed E-state index contributed by atoms with van der Waals surface area (Å²) < 4.78 is 33.1. The molecule has 1 aromatic carbocycles. The lowest BCUT2D eigenvalue weighted by atomic mass is 10.0. The van der Waals surface area contributed by atoms with Gasteiger partial charge in [0.05, 0.1) is 17.6 Å². The standard InChI is InChI=1S/C13H13BrF2N2OS/c1-19-7-4-12(20-6-7)11(18-17)5-8-10(15)3-2-9(14)13(8)16/h2-4,6,11,18H,5,17H2,1H3. The fraction of sp³-hybridized carbons (Fsp3) is 0.231. The van der Waals surface area contributed by atoms with Crippen LogP contribution in [0.5, 0.6) is 5.75 Å². The molecule has 0 saturated carbocycles. The van der Waals surface area contributed by atoms with Crippen LogP contribution in [0.4, 0.5) is 8.78 Å². The number of thiophene rings is 1. The quantitative estimate of drug-likeness (QED) is 0.485. The molecule has 7 heteroatoms. The summed E-state index contributed by atoms with van der Waals surface area (Å²) in [5.41, 5.74) is 2.58. The van der Waals surface area contributed by atoms with Crippen molar-refractivity contribution in [2.24, 2.45) is 5.84 Å². The SMILES string of the molecule is COc1csc(C(Cc2c(F)ccc(Br)c2F)NN)c1. The van der Waals surface area contributed by atoms with E-state index in [-0.39, 0.29) is 22.5 Å². The Bertz CT molecular complexity index is 606. The van der Waals surface area contributed by atoms with Crippen molar-refractivity contribution < 1.29 is 13.5 Å². The van der Waals surface area contributed by atoms with Gasteiger partial charge in [-0.25, -0.2) is 8.78 Å². The van der Waals surface area contributed by atoms with E-state index >= 15 is 0 Å². The van der Waals surface area contributed by atoms with Crippen molar-refractivity contribution in [3.8, 4) is 5.75 Å². The third-order valence-electron chi connectivity index (χ3n) is 2.92. The summed E-state index contributed by atoms with van der Waals surface area (Å²) >= 11 is 4.47. The highest BCUT2D eigenvalue weighted by molar-refractivity contribution is 9.10. The maximum atomic E-state index is 14.0. The van der Waals surface area contributed by atoms with Crippen molar-refractivity contribution in [1.29, 1.82) is 0 Å². The Hall–Kier alpha value is -1.02. The number of benzene rings is 1. The molecule has 0 spiro atoms. The molecular formula is C13H13BrF2N2OS. The van der Waals surface area contributed by atoms with Crippen LogP contribution < -0.4 is 16.0 Å². The van der Waals surface area contributed by atoms with Crippen molar-refractivity contribution in [1.82, 2.24) is 5.43 Å². The van der Waals surface area contributed by atoms with Crippen molar-refractivity contribution in [2.45, 2.75) is 12.5 Å². The number of ether oxygens (including phenoxy) is 1. The minimum absolute atomic E-state index is 0.00491. The lowest BCUT2D eigenvalue weighted by Crippen LogP contribution is -2.29. The van der Waals surface area contributed by atoms with Crippen LogP contribution in [-0.4, -0.2) is 7.11 Å². The first-order valence-corrected chi connectivity index (χ1v) is 7.45. The Balaban J connectivity index is 2.29. The number of methoxy groups -OCH3 is 1. The number of nitrogens with one attached hydrogen (secondary N) is 1. The second kappa shape index (κ2) is 6.62. The van der Waals surface area contributed by atoms with Gasteiger partial charge in [0, 0.05) is 15.8 Å². The predicted octanol–water partition coefficient (Wildman–Crippen LogP) is 3.54. The minimum atomic E-state index is -0.603. The monoisotopic (exact) mass is 362 g/mol. The molecule has 1 unspecified atom stereocenters. The molecule has 2 aromatic rings. The lowest BCUT2D eigenvalue weighted by Gasteiger charge is -2.15. The second-order valence-electron chi connectivity index (χ2n) is 4.13. The Morgan fingerprint density at radius 1 is 1.45 bits per heavy atom. The molecule has 0 radical (unpaired) electrons. The van der Waals surface area contributed by atoms with Crippen LogP contribution in [0.15, 0.2) is 28.1 Å². The first-order chi connectivity index (χ1) is 9.56. The Kier molecular flexibility index (Phi) is 5.09. The summed E-state index contributed by atoms with van der Waals surface area (Å²) in [7, 11) is 1.56. The molecule has 2 rings (SSSR count). The lowest BCUT2D eigenvalue weighted by molar-refractivity contribution is 0.415. The van der Waals surface area contributed by atoms with Crippen LogP contribution >= 0.6 is 27.3 Å². The molecule has 20 heavy (non-hydrogen) atoms. The van der Waals surface area contributed by atoms with Crippen LogP contribution in [0, 0.1) is 11.6 Å². The average Bonchev–Trinajstić information content (AvgIpc) is 2.92. The van der Waals surface area contributed by atoms with Gasteiger partial charge < -0.3 is 4.74 Å². The van der Waals surface area contributed by atoms with Gasteiger partial charge >= 0.3 is 0 Å². The van der Waals surface area contributed by atoms with Gasteiger partial charge in [-0.3, -0.25) is 11.3 Å². The molecule has 1 heterocycles. The number of halogens is 3. The molecule has 0 aliphatic rings. The van der Waals surface area contributed by atoms with Gasteiger partial charge in [-0.15, -0.1) is 11.3 Å². The Morgan fingerprint density at radius 3 is 2.80 bits per heavy atom. The van der Waals surface area contributed by atoms with Crippen LogP contribution in [0.25, 0.3) is 0 Å². The minimum Gasteiger partial charge on any atom is -0.496 e. The number of hydrogen-bond donors (Lipinski definition) is 2. The van der Waals surface area contributed by atoms with E-state index in [4.69, 9.17) is 10.6 Å². The summed E-state index contributed by atoms with van der Waals surface area (Å²) in [6, 6.07) is 3.98. The summed E-state index contributed by atoms with van der Waals surface area (Å²) in [4.78, 5) is 0.850. The Labute approximate surface area is 127 Å². The number of hydrogen-bond acceptors (Lipinski definition) is 4. The van der Waals surface area contributed by atoms with E-state index in [1.165, 1.54) is 23.5 Å². The van der Waals surface area contributed by atoms with Gasteiger partial charge in [-0.2, -0.15) is 0 Å². The maximum Gasteiger partial charge on any atom is 0.143 e. The molecule has 0 saturated heterocycles. The molecule has 0 bridgehead atoms. The largest absolute Gasteiger partial charge is 0.496 e. The van der Waals surface area contributed by atoms with E-state index < -0.39 is 11.6 Å². The van der Waals surface area contributed by atoms with Crippen molar-refractivity contribution >= 4 is 27.3 Å². The fourth-order valence-electron chi connectivity index (χ4n) is 1.83. The normalized spacial score (nSPS) is 12.4. The molecule has 0 fully saturated rings. The van der Waals surface area contributed by atoms with Gasteiger partial charge in [-0.05, 0) is 40.5 Å². The predicted molar refractivity (Wildman–Crippen MR) is 78.7 cm³/mol. The van der Waals surface area contributed by atoms with E-state index in [9.17, 15) is 8.78 Å². The van der Waals surface area contributed by atoms with Crippen LogP contribution in [0.3, 0.4) is 0 Å². The summed E-state index contributed by atoms with van der Waals surface area (Å²) in [5.74, 6) is 5.00. The zero-order valence-corrected chi connectivity index (χ0v) is 13.0. The van der Waals surface area contributed by atoms with Gasteiger partial charge in [-0.1, -0.05) is 0 Å². The molecule has 0 aliphatic heterocycles. The zero-order chi connectivity index (χ0) is 14.7. The molecule has 1 atom stereocenters. The molecule has 0 amide bonds. The first-order valence-electron chi connectivity index (χ1n) is 5.77.